The van der Waals surface area contributed by atoms with Crippen LogP contribution in [-0.4, -0.2) is 36.0 Å². The third-order valence-electron chi connectivity index (χ3n) is 7.41. The Hall–Kier alpha value is -2.71. The Morgan fingerprint density at radius 3 is 2.55 bits per heavy atom. The summed E-state index contributed by atoms with van der Waals surface area (Å²) in [5.74, 6) is -3.06. The molecule has 0 saturated carbocycles. The van der Waals surface area contributed by atoms with E-state index in [4.69, 9.17) is 16.3 Å². The van der Waals surface area contributed by atoms with E-state index in [1.165, 1.54) is 35.0 Å². The van der Waals surface area contributed by atoms with E-state index >= 15 is 0 Å². The molecule has 1 aliphatic carbocycles. The number of nitrogens with zero attached hydrogens (tertiary/aromatic N) is 1. The minimum absolute atomic E-state index is 0.0856. The Bertz CT molecular complexity index is 1390. The van der Waals surface area contributed by atoms with E-state index in [1.54, 1.807) is 18.2 Å². The van der Waals surface area contributed by atoms with Crippen LogP contribution in [0.3, 0.4) is 0 Å². The number of ether oxygens (including phenoxy) is 1. The van der Waals surface area contributed by atoms with Gasteiger partial charge in [0.1, 0.15) is 11.6 Å². The quantitative estimate of drug-likeness (QED) is 0.145. The van der Waals surface area contributed by atoms with Crippen LogP contribution in [0.4, 0.5) is 13.2 Å². The first-order valence-corrected chi connectivity index (χ1v) is 15.7. The molecule has 3 aromatic carbocycles. The molecule has 0 spiro atoms. The minimum Gasteiger partial charge on any atom is -0.493 e. The number of aliphatic hydroxyl groups is 1. The predicted molar refractivity (Wildman–Crippen MR) is 166 cm³/mol. The molecule has 0 bridgehead atoms. The van der Waals surface area contributed by atoms with E-state index in [-0.39, 0.29) is 28.7 Å². The molecule has 42 heavy (non-hydrogen) atoms. The lowest BCUT2D eigenvalue weighted by Gasteiger charge is -2.30. The SMILES string of the molecule is CSc1cc(OCCCN(Cc2cccc(C(C)(F)F)c2Cl)CC(C2=CCCC=C2)c2ccccc2)cc(F)c1CO. The van der Waals surface area contributed by atoms with Crippen molar-refractivity contribution < 1.29 is 23.0 Å². The fraction of sp³-hybridized carbons (Fsp3) is 0.353. The molecule has 8 heteroatoms. The van der Waals surface area contributed by atoms with Crippen LogP contribution in [0.15, 0.2) is 89.4 Å². The van der Waals surface area contributed by atoms with Gasteiger partial charge in [-0.1, -0.05) is 78.4 Å². The molecule has 1 N–H and O–H groups in total. The van der Waals surface area contributed by atoms with Crippen LogP contribution in [0, 0.1) is 5.82 Å². The Balaban J connectivity index is 1.56. The highest BCUT2D eigenvalue weighted by Crippen LogP contribution is 2.36. The lowest BCUT2D eigenvalue weighted by molar-refractivity contribution is 0.0174. The van der Waals surface area contributed by atoms with Crippen molar-refractivity contribution >= 4 is 23.4 Å². The molecule has 1 aliphatic rings. The number of hydrogen-bond acceptors (Lipinski definition) is 4. The van der Waals surface area contributed by atoms with Gasteiger partial charge >= 0.3 is 0 Å². The topological polar surface area (TPSA) is 32.7 Å². The van der Waals surface area contributed by atoms with Crippen molar-refractivity contribution in [2.24, 2.45) is 0 Å². The number of thioether (sulfide) groups is 1. The first kappa shape index (κ1) is 32.2. The van der Waals surface area contributed by atoms with Crippen molar-refractivity contribution in [2.45, 2.75) is 56.1 Å². The molecule has 0 fully saturated rings. The average Bonchev–Trinajstić information content (AvgIpc) is 2.98. The summed E-state index contributed by atoms with van der Waals surface area (Å²) >= 11 is 7.89. The molecule has 0 amide bonds. The molecule has 1 unspecified atom stereocenters. The number of halogens is 4. The van der Waals surface area contributed by atoms with Crippen LogP contribution in [0.1, 0.15) is 54.4 Å². The molecule has 0 radical (unpaired) electrons. The first-order chi connectivity index (χ1) is 20.2. The van der Waals surface area contributed by atoms with Crippen LogP contribution in [0.2, 0.25) is 5.02 Å². The summed E-state index contributed by atoms with van der Waals surface area (Å²) in [4.78, 5) is 2.86. The highest BCUT2D eigenvalue weighted by Gasteiger charge is 2.29. The van der Waals surface area contributed by atoms with Gasteiger partial charge < -0.3 is 9.84 Å². The largest absolute Gasteiger partial charge is 0.493 e. The number of allylic oxidation sites excluding steroid dienone is 3. The minimum atomic E-state index is -3.05. The Kier molecular flexibility index (Phi) is 11.6. The Morgan fingerprint density at radius 2 is 1.88 bits per heavy atom. The third kappa shape index (κ3) is 8.44. The monoisotopic (exact) mass is 615 g/mol. The number of rotatable bonds is 14. The number of alkyl halides is 2. The third-order valence-corrected chi connectivity index (χ3v) is 8.66. The second-order valence-corrected chi connectivity index (χ2v) is 11.7. The van der Waals surface area contributed by atoms with Crippen molar-refractivity contribution in [1.82, 2.24) is 4.90 Å². The summed E-state index contributed by atoms with van der Waals surface area (Å²) in [6.45, 7) is 2.47. The van der Waals surface area contributed by atoms with Gasteiger partial charge in [0.05, 0.1) is 18.2 Å². The van der Waals surface area contributed by atoms with E-state index in [0.29, 0.717) is 48.9 Å². The molecule has 224 valence electrons. The van der Waals surface area contributed by atoms with Gasteiger partial charge in [0, 0.05) is 54.6 Å². The van der Waals surface area contributed by atoms with Crippen molar-refractivity contribution in [3.63, 3.8) is 0 Å². The van der Waals surface area contributed by atoms with Crippen molar-refractivity contribution in [2.75, 3.05) is 26.0 Å². The second-order valence-electron chi connectivity index (χ2n) is 10.5. The zero-order valence-corrected chi connectivity index (χ0v) is 25.5. The summed E-state index contributed by atoms with van der Waals surface area (Å²) in [6, 6.07) is 18.1. The number of hydrogen-bond donors (Lipinski definition) is 1. The summed E-state index contributed by atoms with van der Waals surface area (Å²) in [5.41, 5.74) is 3.14. The summed E-state index contributed by atoms with van der Waals surface area (Å²) in [7, 11) is 0. The van der Waals surface area contributed by atoms with E-state index in [2.05, 4.69) is 35.3 Å². The number of aliphatic hydroxyl groups excluding tert-OH is 1. The maximum Gasteiger partial charge on any atom is 0.271 e. The van der Waals surface area contributed by atoms with Crippen molar-refractivity contribution in [3.05, 3.63) is 118 Å². The van der Waals surface area contributed by atoms with E-state index in [1.807, 2.05) is 24.5 Å². The average molecular weight is 616 g/mol. The summed E-state index contributed by atoms with van der Waals surface area (Å²) in [6.07, 6.45) is 11.1. The van der Waals surface area contributed by atoms with Gasteiger partial charge in [-0.05, 0) is 48.3 Å². The van der Waals surface area contributed by atoms with Gasteiger partial charge in [-0.25, -0.2) is 13.2 Å². The smallest absolute Gasteiger partial charge is 0.271 e. The van der Waals surface area contributed by atoms with E-state index in [0.717, 1.165) is 19.8 Å². The van der Waals surface area contributed by atoms with Crippen LogP contribution < -0.4 is 4.74 Å². The van der Waals surface area contributed by atoms with E-state index < -0.39 is 11.7 Å². The highest BCUT2D eigenvalue weighted by atomic mass is 35.5. The van der Waals surface area contributed by atoms with Crippen LogP contribution in [0.25, 0.3) is 0 Å². The first-order valence-electron chi connectivity index (χ1n) is 14.1. The maximum atomic E-state index is 14.5. The maximum absolute atomic E-state index is 14.5. The summed E-state index contributed by atoms with van der Waals surface area (Å²) < 4.78 is 48.9. The van der Waals surface area contributed by atoms with Crippen LogP contribution in [-0.2, 0) is 19.1 Å². The van der Waals surface area contributed by atoms with Gasteiger partial charge in [-0.3, -0.25) is 4.90 Å². The van der Waals surface area contributed by atoms with E-state index in [9.17, 15) is 18.3 Å². The Morgan fingerprint density at radius 1 is 1.10 bits per heavy atom. The molecule has 0 aliphatic heterocycles. The van der Waals surface area contributed by atoms with Gasteiger partial charge in [0.15, 0.2) is 0 Å². The highest BCUT2D eigenvalue weighted by molar-refractivity contribution is 7.98. The molecule has 3 aromatic rings. The van der Waals surface area contributed by atoms with Gasteiger partial charge in [-0.15, -0.1) is 11.8 Å². The molecule has 4 rings (SSSR count). The van der Waals surface area contributed by atoms with Crippen molar-refractivity contribution in [1.29, 1.82) is 0 Å². The Labute approximate surface area is 256 Å². The van der Waals surface area contributed by atoms with Crippen LogP contribution in [0.5, 0.6) is 5.75 Å². The fourth-order valence-electron chi connectivity index (χ4n) is 5.24. The van der Waals surface area contributed by atoms with Gasteiger partial charge in [0.2, 0.25) is 0 Å². The molecule has 0 heterocycles. The predicted octanol–water partition coefficient (Wildman–Crippen LogP) is 9.14. The van der Waals surface area contributed by atoms with Gasteiger partial charge in [-0.2, -0.15) is 0 Å². The fourth-order valence-corrected chi connectivity index (χ4v) is 6.23. The van der Waals surface area contributed by atoms with Gasteiger partial charge in [0.25, 0.3) is 5.92 Å². The lowest BCUT2D eigenvalue weighted by atomic mass is 9.87. The molecular weight excluding hydrogens is 579 g/mol. The summed E-state index contributed by atoms with van der Waals surface area (Å²) in [5, 5.41) is 9.57. The van der Waals surface area contributed by atoms with Crippen LogP contribution >= 0.6 is 23.4 Å². The zero-order chi connectivity index (χ0) is 30.1. The number of benzene rings is 3. The standard InChI is InChI=1S/C34H37ClF3NO2S/c1-34(37,38)30-16-9-15-26(33(30)35)21-39(17-10-18-41-27-19-31(36)29(23-40)32(20-27)42-2)22-28(24-11-5-3-6-12-24)25-13-7-4-8-14-25/h3,5-7,9,11-16,19-20,28,40H,4,8,10,17-18,21-23H2,1-2H3. The molecule has 0 aromatic heterocycles. The molecule has 1 atom stereocenters. The molecule has 3 nitrogen and oxygen atoms in total. The zero-order valence-electron chi connectivity index (χ0n) is 24.0. The lowest BCUT2D eigenvalue weighted by Crippen LogP contribution is -2.31. The normalized spacial score (nSPS) is 14.2. The van der Waals surface area contributed by atoms with Crippen molar-refractivity contribution in [3.8, 4) is 5.75 Å². The molecular formula is C34H37ClF3NO2S. The second kappa shape index (κ2) is 15.1. The molecule has 0 saturated heterocycles.